The molecule has 5 rings (SSSR count). The van der Waals surface area contributed by atoms with E-state index in [1.54, 1.807) is 19.2 Å². The standard InChI is InChI=1S/C25H30N4O3/c1-16-11-23(32-2)21(20-12-26-27-24(16)20)14-29-10-9-28(13-17-3-4-17)15-22(29)18-5-7-19(8-6-18)25(30)31/h5-8,11-12,17,22H,3-4,9-10,13-15H2,1-2H3,(H,26,27)(H,30,31)/t22-/m0/s1. The smallest absolute Gasteiger partial charge is 0.335 e. The van der Waals surface area contributed by atoms with Gasteiger partial charge >= 0.3 is 5.97 Å². The van der Waals surface area contributed by atoms with Crippen LogP contribution in [-0.4, -0.2) is 64.4 Å². The highest BCUT2D eigenvalue weighted by Crippen LogP contribution is 2.36. The van der Waals surface area contributed by atoms with Crippen molar-refractivity contribution in [3.63, 3.8) is 0 Å². The summed E-state index contributed by atoms with van der Waals surface area (Å²) in [4.78, 5) is 16.4. The number of nitrogens with one attached hydrogen (secondary N) is 1. The van der Waals surface area contributed by atoms with E-state index in [0.29, 0.717) is 5.56 Å². The van der Waals surface area contributed by atoms with Crippen molar-refractivity contribution in [1.82, 2.24) is 20.0 Å². The molecule has 3 aromatic rings. The van der Waals surface area contributed by atoms with Gasteiger partial charge in [0.1, 0.15) is 5.75 Å². The summed E-state index contributed by atoms with van der Waals surface area (Å²) in [6, 6.07) is 9.66. The van der Waals surface area contributed by atoms with Crippen LogP contribution in [0.5, 0.6) is 5.75 Å². The van der Waals surface area contributed by atoms with Gasteiger partial charge in [0.05, 0.1) is 24.4 Å². The van der Waals surface area contributed by atoms with Gasteiger partial charge in [0, 0.05) is 49.7 Å². The molecule has 1 saturated carbocycles. The highest BCUT2D eigenvalue weighted by atomic mass is 16.5. The summed E-state index contributed by atoms with van der Waals surface area (Å²) < 4.78 is 5.77. The molecule has 0 unspecified atom stereocenters. The minimum Gasteiger partial charge on any atom is -0.496 e. The lowest BCUT2D eigenvalue weighted by molar-refractivity contribution is 0.0649. The maximum atomic E-state index is 11.3. The van der Waals surface area contributed by atoms with E-state index in [4.69, 9.17) is 4.74 Å². The zero-order valence-electron chi connectivity index (χ0n) is 18.7. The first-order valence-electron chi connectivity index (χ1n) is 11.3. The van der Waals surface area contributed by atoms with E-state index in [9.17, 15) is 9.90 Å². The zero-order valence-corrected chi connectivity index (χ0v) is 18.7. The Labute approximate surface area is 188 Å². The number of carbonyl (C=O) groups is 1. The SMILES string of the molecule is COc1cc(C)c2[nH]ncc2c1CN1CCN(CC2CC2)C[C@H]1c1ccc(C(=O)O)cc1. The molecule has 1 saturated heterocycles. The Morgan fingerprint density at radius 2 is 2.03 bits per heavy atom. The molecule has 2 N–H and O–H groups in total. The molecular weight excluding hydrogens is 404 g/mol. The largest absolute Gasteiger partial charge is 0.496 e. The normalized spacial score (nSPS) is 20.0. The van der Waals surface area contributed by atoms with Crippen molar-refractivity contribution in [2.75, 3.05) is 33.3 Å². The third kappa shape index (κ3) is 4.10. The maximum Gasteiger partial charge on any atom is 0.335 e. The summed E-state index contributed by atoms with van der Waals surface area (Å²) in [5.41, 5.74) is 4.80. The fourth-order valence-electron chi connectivity index (χ4n) is 4.91. The van der Waals surface area contributed by atoms with E-state index in [2.05, 4.69) is 33.0 Å². The van der Waals surface area contributed by atoms with Gasteiger partial charge in [0.15, 0.2) is 0 Å². The quantitative estimate of drug-likeness (QED) is 0.588. The number of carboxylic acid groups (broad SMARTS) is 1. The number of aromatic carboxylic acids is 1. The Bertz CT molecular complexity index is 1120. The number of benzene rings is 2. The Hall–Kier alpha value is -2.90. The summed E-state index contributed by atoms with van der Waals surface area (Å²) in [6.07, 6.45) is 4.58. The van der Waals surface area contributed by atoms with E-state index in [-0.39, 0.29) is 6.04 Å². The second kappa shape index (κ2) is 8.56. The summed E-state index contributed by atoms with van der Waals surface area (Å²) >= 11 is 0. The van der Waals surface area contributed by atoms with E-state index in [1.807, 2.05) is 18.3 Å². The number of carboxylic acids is 1. The van der Waals surface area contributed by atoms with Crippen LogP contribution in [0.4, 0.5) is 0 Å². The van der Waals surface area contributed by atoms with Crippen molar-refractivity contribution < 1.29 is 14.6 Å². The monoisotopic (exact) mass is 434 g/mol. The van der Waals surface area contributed by atoms with Gasteiger partial charge in [-0.1, -0.05) is 12.1 Å². The molecule has 1 aliphatic carbocycles. The topological polar surface area (TPSA) is 81.7 Å². The predicted molar refractivity (Wildman–Crippen MR) is 123 cm³/mol. The van der Waals surface area contributed by atoms with Crippen molar-refractivity contribution in [3.8, 4) is 5.75 Å². The van der Waals surface area contributed by atoms with E-state index in [1.165, 1.54) is 12.8 Å². The average molecular weight is 435 g/mol. The van der Waals surface area contributed by atoms with Crippen molar-refractivity contribution in [2.45, 2.75) is 32.4 Å². The van der Waals surface area contributed by atoms with Gasteiger partial charge in [-0.05, 0) is 55.0 Å². The highest BCUT2D eigenvalue weighted by Gasteiger charge is 2.32. The lowest BCUT2D eigenvalue weighted by Gasteiger charge is -2.42. The first-order valence-corrected chi connectivity index (χ1v) is 11.3. The molecule has 1 aliphatic heterocycles. The Kier molecular flexibility index (Phi) is 5.61. The van der Waals surface area contributed by atoms with Crippen LogP contribution in [0.25, 0.3) is 10.9 Å². The summed E-state index contributed by atoms with van der Waals surface area (Å²) in [6.45, 7) is 6.93. The van der Waals surface area contributed by atoms with Crippen LogP contribution >= 0.6 is 0 Å². The molecule has 1 atom stereocenters. The number of H-pyrrole nitrogens is 1. The van der Waals surface area contributed by atoms with Gasteiger partial charge in [0.2, 0.25) is 0 Å². The zero-order chi connectivity index (χ0) is 22.2. The van der Waals surface area contributed by atoms with Crippen LogP contribution in [0.3, 0.4) is 0 Å². The number of aromatic nitrogens is 2. The molecule has 7 heteroatoms. The van der Waals surface area contributed by atoms with E-state index >= 15 is 0 Å². The molecule has 0 spiro atoms. The number of methoxy groups -OCH3 is 1. The minimum absolute atomic E-state index is 0.193. The van der Waals surface area contributed by atoms with Crippen molar-refractivity contribution in [1.29, 1.82) is 0 Å². The average Bonchev–Trinajstić information content (AvgIpc) is 3.47. The van der Waals surface area contributed by atoms with Crippen LogP contribution < -0.4 is 4.74 Å². The number of rotatable bonds is 7. The number of nitrogens with zero attached hydrogens (tertiary/aromatic N) is 3. The third-order valence-corrected chi connectivity index (χ3v) is 6.92. The van der Waals surface area contributed by atoms with Crippen LogP contribution in [0.2, 0.25) is 0 Å². The Morgan fingerprint density at radius 3 is 2.72 bits per heavy atom. The summed E-state index contributed by atoms with van der Waals surface area (Å²) in [7, 11) is 1.72. The highest BCUT2D eigenvalue weighted by molar-refractivity contribution is 5.88. The third-order valence-electron chi connectivity index (χ3n) is 6.92. The van der Waals surface area contributed by atoms with Gasteiger partial charge in [-0.2, -0.15) is 5.10 Å². The molecule has 2 fully saturated rings. The first kappa shape index (κ1) is 21.0. The first-order chi connectivity index (χ1) is 15.5. The number of ether oxygens (including phenoxy) is 1. The van der Waals surface area contributed by atoms with E-state index in [0.717, 1.165) is 72.0 Å². The molecule has 1 aromatic heterocycles. The lowest BCUT2D eigenvalue weighted by atomic mass is 9.98. The fraction of sp³-hybridized carbons (Fsp3) is 0.440. The number of hydrogen-bond acceptors (Lipinski definition) is 5. The van der Waals surface area contributed by atoms with Gasteiger partial charge in [0.25, 0.3) is 0 Å². The Morgan fingerprint density at radius 1 is 1.25 bits per heavy atom. The van der Waals surface area contributed by atoms with Gasteiger partial charge in [-0.3, -0.25) is 14.9 Å². The van der Waals surface area contributed by atoms with Crippen molar-refractivity contribution in [3.05, 3.63) is 58.8 Å². The van der Waals surface area contributed by atoms with Crippen LogP contribution in [-0.2, 0) is 6.54 Å². The molecule has 7 nitrogen and oxygen atoms in total. The van der Waals surface area contributed by atoms with Crippen molar-refractivity contribution in [2.24, 2.45) is 5.92 Å². The molecule has 168 valence electrons. The van der Waals surface area contributed by atoms with Gasteiger partial charge in [-0.25, -0.2) is 4.79 Å². The molecule has 0 bridgehead atoms. The van der Waals surface area contributed by atoms with Crippen LogP contribution in [0, 0.1) is 12.8 Å². The summed E-state index contributed by atoms with van der Waals surface area (Å²) in [5, 5.41) is 17.8. The van der Waals surface area contributed by atoms with Crippen LogP contribution in [0.1, 0.15) is 45.9 Å². The van der Waals surface area contributed by atoms with Crippen molar-refractivity contribution >= 4 is 16.9 Å². The van der Waals surface area contributed by atoms with E-state index < -0.39 is 5.97 Å². The number of aromatic amines is 1. The predicted octanol–water partition coefficient (Wildman–Crippen LogP) is 3.85. The molecule has 2 aromatic carbocycles. The lowest BCUT2D eigenvalue weighted by Crippen LogP contribution is -2.48. The Balaban J connectivity index is 1.47. The van der Waals surface area contributed by atoms with Crippen LogP contribution in [0.15, 0.2) is 36.5 Å². The molecule has 2 aliphatic rings. The second-order valence-electron chi connectivity index (χ2n) is 9.15. The number of aryl methyl sites for hydroxylation is 1. The molecule has 2 heterocycles. The second-order valence-corrected chi connectivity index (χ2v) is 9.15. The number of hydrogen-bond donors (Lipinski definition) is 2. The van der Waals surface area contributed by atoms with Gasteiger partial charge < -0.3 is 9.84 Å². The summed E-state index contributed by atoms with van der Waals surface area (Å²) in [5.74, 6) is 0.843. The number of piperazine rings is 1. The minimum atomic E-state index is -0.890. The maximum absolute atomic E-state index is 11.3. The fourth-order valence-corrected chi connectivity index (χ4v) is 4.91. The number of fused-ring (bicyclic) bond motifs is 1. The molecule has 0 amide bonds. The molecular formula is C25H30N4O3. The van der Waals surface area contributed by atoms with Gasteiger partial charge in [-0.15, -0.1) is 0 Å². The molecule has 32 heavy (non-hydrogen) atoms. The molecule has 0 radical (unpaired) electrons.